The molecule has 0 atom stereocenters. The van der Waals surface area contributed by atoms with Gasteiger partial charge in [0.2, 0.25) is 0 Å². The highest BCUT2D eigenvalue weighted by atomic mass is 35.5. The van der Waals surface area contributed by atoms with Gasteiger partial charge in [0, 0.05) is 10.7 Å². The molecule has 5 nitrogen and oxygen atoms in total. The van der Waals surface area contributed by atoms with Crippen molar-refractivity contribution in [1.82, 2.24) is 9.78 Å². The summed E-state index contributed by atoms with van der Waals surface area (Å²) in [4.78, 5) is 24.4. The number of halogens is 1. The summed E-state index contributed by atoms with van der Waals surface area (Å²) in [6, 6.07) is 11.7. The predicted octanol–water partition coefficient (Wildman–Crippen LogP) is 1.97. The van der Waals surface area contributed by atoms with Crippen LogP contribution in [0.3, 0.4) is 0 Å². The van der Waals surface area contributed by atoms with Crippen LogP contribution >= 0.6 is 11.6 Å². The minimum Gasteiger partial charge on any atom is -0.399 e. The van der Waals surface area contributed by atoms with Gasteiger partial charge in [-0.2, -0.15) is 0 Å². The van der Waals surface area contributed by atoms with Crippen molar-refractivity contribution in [3.8, 4) is 0 Å². The van der Waals surface area contributed by atoms with Gasteiger partial charge in [0.15, 0.2) is 0 Å². The molecule has 3 N–H and O–H groups in total. The van der Waals surface area contributed by atoms with E-state index in [1.165, 1.54) is 4.68 Å². The number of nitrogen functional groups attached to an aromatic ring is 1. The topological polar surface area (TPSA) is 80.9 Å². The van der Waals surface area contributed by atoms with Crippen molar-refractivity contribution in [3.63, 3.8) is 0 Å². The number of fused-ring (bicyclic) bond motifs is 1. The van der Waals surface area contributed by atoms with Crippen LogP contribution in [0.5, 0.6) is 0 Å². The molecule has 106 valence electrons. The van der Waals surface area contributed by atoms with Gasteiger partial charge in [-0.15, -0.1) is 0 Å². The van der Waals surface area contributed by atoms with Crippen LogP contribution in [0.25, 0.3) is 10.8 Å². The molecule has 0 amide bonds. The zero-order chi connectivity index (χ0) is 15.0. The van der Waals surface area contributed by atoms with Gasteiger partial charge in [0.25, 0.3) is 11.1 Å². The number of benzene rings is 2. The molecule has 0 aliphatic carbocycles. The van der Waals surface area contributed by atoms with Crippen molar-refractivity contribution in [2.75, 3.05) is 5.73 Å². The van der Waals surface area contributed by atoms with Crippen molar-refractivity contribution in [3.05, 3.63) is 73.8 Å². The van der Waals surface area contributed by atoms with Crippen LogP contribution in [-0.4, -0.2) is 9.78 Å². The standard InChI is InChI=1S/C15H12ClN3O2/c16-13-6-5-10(17)7-9(13)8-19-15(21)12-4-2-1-3-11(12)14(20)18-19/h1-7H,8,17H2,(H,18,20). The van der Waals surface area contributed by atoms with E-state index in [4.69, 9.17) is 17.3 Å². The Kier molecular flexibility index (Phi) is 3.27. The molecule has 3 aromatic rings. The predicted molar refractivity (Wildman–Crippen MR) is 83.8 cm³/mol. The lowest BCUT2D eigenvalue weighted by Crippen LogP contribution is -2.30. The van der Waals surface area contributed by atoms with E-state index in [2.05, 4.69) is 5.10 Å². The molecule has 0 saturated carbocycles. The van der Waals surface area contributed by atoms with E-state index in [-0.39, 0.29) is 17.7 Å². The zero-order valence-corrected chi connectivity index (χ0v) is 11.7. The minimum absolute atomic E-state index is 0.156. The molecule has 0 aliphatic heterocycles. The Labute approximate surface area is 124 Å². The van der Waals surface area contributed by atoms with Gasteiger partial charge in [-0.1, -0.05) is 23.7 Å². The highest BCUT2D eigenvalue weighted by Crippen LogP contribution is 2.19. The number of nitrogens with two attached hydrogens (primary N) is 1. The third kappa shape index (κ3) is 2.43. The largest absolute Gasteiger partial charge is 0.399 e. The Morgan fingerprint density at radius 2 is 1.81 bits per heavy atom. The highest BCUT2D eigenvalue weighted by Gasteiger charge is 2.09. The van der Waals surface area contributed by atoms with E-state index in [1.807, 2.05) is 0 Å². The molecule has 1 aromatic heterocycles. The van der Waals surface area contributed by atoms with Gasteiger partial charge >= 0.3 is 0 Å². The van der Waals surface area contributed by atoms with Gasteiger partial charge in [-0.25, -0.2) is 4.68 Å². The number of hydrogen-bond donors (Lipinski definition) is 2. The first-order valence-electron chi connectivity index (χ1n) is 6.32. The molecule has 1 heterocycles. The molecule has 3 rings (SSSR count). The van der Waals surface area contributed by atoms with Crippen LogP contribution in [0.4, 0.5) is 5.69 Å². The summed E-state index contributed by atoms with van der Waals surface area (Å²) in [5.41, 5.74) is 6.35. The van der Waals surface area contributed by atoms with E-state index >= 15 is 0 Å². The molecule has 0 fully saturated rings. The summed E-state index contributed by atoms with van der Waals surface area (Å²) < 4.78 is 1.24. The van der Waals surface area contributed by atoms with Crippen LogP contribution in [0.2, 0.25) is 5.02 Å². The molecule has 0 spiro atoms. The first-order chi connectivity index (χ1) is 10.1. The van der Waals surface area contributed by atoms with Crippen LogP contribution in [0.15, 0.2) is 52.1 Å². The average Bonchev–Trinajstić information content (AvgIpc) is 2.48. The van der Waals surface area contributed by atoms with Crippen LogP contribution < -0.4 is 16.9 Å². The lowest BCUT2D eigenvalue weighted by Gasteiger charge is -2.09. The van der Waals surface area contributed by atoms with Crippen LogP contribution in [0, 0.1) is 0 Å². The number of hydrogen-bond acceptors (Lipinski definition) is 3. The first-order valence-corrected chi connectivity index (χ1v) is 6.70. The van der Waals surface area contributed by atoms with Crippen molar-refractivity contribution in [2.24, 2.45) is 0 Å². The average molecular weight is 302 g/mol. The van der Waals surface area contributed by atoms with E-state index < -0.39 is 0 Å². The van der Waals surface area contributed by atoms with Gasteiger partial charge in [-0.05, 0) is 35.9 Å². The molecule has 0 saturated heterocycles. The summed E-state index contributed by atoms with van der Waals surface area (Å²) in [5.74, 6) is 0. The fourth-order valence-electron chi connectivity index (χ4n) is 2.24. The Balaban J connectivity index is 2.18. The summed E-state index contributed by atoms with van der Waals surface area (Å²) in [6.45, 7) is 0.156. The molecule has 6 heteroatoms. The quantitative estimate of drug-likeness (QED) is 0.710. The maximum Gasteiger partial charge on any atom is 0.273 e. The second kappa shape index (κ2) is 5.10. The van der Waals surface area contributed by atoms with Crippen LogP contribution in [-0.2, 0) is 6.54 Å². The SMILES string of the molecule is Nc1ccc(Cl)c(Cn2[nH]c(=O)c3ccccc3c2=O)c1. The smallest absolute Gasteiger partial charge is 0.273 e. The number of aromatic amines is 1. The molecule has 0 aliphatic rings. The molecule has 21 heavy (non-hydrogen) atoms. The van der Waals surface area contributed by atoms with Crippen molar-refractivity contribution in [2.45, 2.75) is 6.54 Å². The minimum atomic E-state index is -0.315. The number of aromatic nitrogens is 2. The maximum atomic E-state index is 12.4. The van der Waals surface area contributed by atoms with E-state index in [1.54, 1.807) is 42.5 Å². The summed E-state index contributed by atoms with van der Waals surface area (Å²) >= 11 is 6.09. The normalized spacial score (nSPS) is 10.9. The molecule has 2 aromatic carbocycles. The Morgan fingerprint density at radius 3 is 2.57 bits per heavy atom. The van der Waals surface area contributed by atoms with E-state index in [0.717, 1.165) is 0 Å². The molecule has 0 radical (unpaired) electrons. The van der Waals surface area contributed by atoms with Gasteiger partial charge in [0.1, 0.15) is 0 Å². The lowest BCUT2D eigenvalue weighted by molar-refractivity contribution is 0.637. The van der Waals surface area contributed by atoms with Crippen molar-refractivity contribution in [1.29, 1.82) is 0 Å². The number of anilines is 1. The van der Waals surface area contributed by atoms with Gasteiger partial charge in [-0.3, -0.25) is 14.7 Å². The lowest BCUT2D eigenvalue weighted by atomic mass is 10.2. The van der Waals surface area contributed by atoms with Crippen molar-refractivity contribution >= 4 is 28.1 Å². The fourth-order valence-corrected chi connectivity index (χ4v) is 2.42. The Morgan fingerprint density at radius 1 is 1.10 bits per heavy atom. The second-order valence-electron chi connectivity index (χ2n) is 4.73. The van der Waals surface area contributed by atoms with Gasteiger partial charge in [0.05, 0.1) is 17.3 Å². The maximum absolute atomic E-state index is 12.4. The molecular formula is C15H12ClN3O2. The van der Waals surface area contributed by atoms with Crippen LogP contribution in [0.1, 0.15) is 5.56 Å². The van der Waals surface area contributed by atoms with E-state index in [0.29, 0.717) is 27.0 Å². The summed E-state index contributed by atoms with van der Waals surface area (Å²) in [7, 11) is 0. The molecular weight excluding hydrogens is 290 g/mol. The first kappa shape index (κ1) is 13.5. The monoisotopic (exact) mass is 301 g/mol. The van der Waals surface area contributed by atoms with E-state index in [9.17, 15) is 9.59 Å². The number of nitrogens with one attached hydrogen (secondary N) is 1. The zero-order valence-electron chi connectivity index (χ0n) is 11.0. The highest BCUT2D eigenvalue weighted by molar-refractivity contribution is 6.31. The molecule has 0 bridgehead atoms. The second-order valence-corrected chi connectivity index (χ2v) is 5.14. The Hall–Kier alpha value is -2.53. The Bertz CT molecular complexity index is 944. The van der Waals surface area contributed by atoms with Gasteiger partial charge < -0.3 is 5.73 Å². The number of H-pyrrole nitrogens is 1. The summed E-state index contributed by atoms with van der Waals surface area (Å²) in [6.07, 6.45) is 0. The summed E-state index contributed by atoms with van der Waals surface area (Å²) in [5, 5.41) is 3.80. The van der Waals surface area contributed by atoms with Crippen molar-refractivity contribution < 1.29 is 0 Å². The fraction of sp³-hybridized carbons (Fsp3) is 0.0667. The number of rotatable bonds is 2. The number of nitrogens with zero attached hydrogens (tertiary/aromatic N) is 1. The third-order valence-corrected chi connectivity index (χ3v) is 3.65. The third-order valence-electron chi connectivity index (χ3n) is 3.28. The molecule has 0 unspecified atom stereocenters.